The summed E-state index contributed by atoms with van der Waals surface area (Å²) in [5.74, 6) is -0.497. The molecule has 0 aromatic rings. The third-order valence-electron chi connectivity index (χ3n) is 10.5. The van der Waals surface area contributed by atoms with E-state index >= 15 is 0 Å². The van der Waals surface area contributed by atoms with Gasteiger partial charge in [0, 0.05) is 6.42 Å². The number of ether oxygens (including phenoxy) is 2. The van der Waals surface area contributed by atoms with Gasteiger partial charge in [-0.3, -0.25) is 13.8 Å². The predicted molar refractivity (Wildman–Crippen MR) is 216 cm³/mol. The molecule has 0 spiro atoms. The number of carbonyl (C=O) groups excluding carboxylic acids is 1. The van der Waals surface area contributed by atoms with E-state index in [9.17, 15) is 39.8 Å². The zero-order valence-electron chi connectivity index (χ0n) is 34.5. The van der Waals surface area contributed by atoms with E-state index in [0.29, 0.717) is 6.42 Å². The molecule has 1 aliphatic rings. The maximum atomic E-state index is 12.8. The lowest BCUT2D eigenvalue weighted by atomic mass is 9.85. The lowest BCUT2D eigenvalue weighted by Gasteiger charge is -2.41. The lowest BCUT2D eigenvalue weighted by molar-refractivity contribution is -0.220. The van der Waals surface area contributed by atoms with E-state index in [2.05, 4.69) is 13.8 Å². The summed E-state index contributed by atoms with van der Waals surface area (Å²) in [5, 5.41) is 50.0. The fraction of sp³-hybridized carbons (Fsp3) is 0.929. The average molecular weight is 809 g/mol. The lowest BCUT2D eigenvalue weighted by Crippen LogP contribution is -2.64. The van der Waals surface area contributed by atoms with Crippen LogP contribution in [0.3, 0.4) is 0 Å². The molecule has 6 unspecified atom stereocenters. The fourth-order valence-electron chi connectivity index (χ4n) is 6.91. The minimum atomic E-state index is -5.02. The number of hydrogen-bond donors (Lipinski definition) is 6. The number of rotatable bonds is 37. The number of aliphatic hydroxyl groups is 5. The molecule has 0 aliphatic heterocycles. The van der Waals surface area contributed by atoms with Gasteiger partial charge in [-0.05, 0) is 25.3 Å². The number of hydrogen-bond acceptors (Lipinski definition) is 11. The average Bonchev–Trinajstić information content (AvgIpc) is 3.17. The van der Waals surface area contributed by atoms with Crippen LogP contribution < -0.4 is 0 Å². The molecule has 0 bridgehead atoms. The largest absolute Gasteiger partial charge is 0.498 e. The zero-order chi connectivity index (χ0) is 40.6. The van der Waals surface area contributed by atoms with Gasteiger partial charge in [-0.15, -0.1) is 0 Å². The monoisotopic (exact) mass is 809 g/mol. The molecule has 8 atom stereocenters. The standard InChI is InChI=1S/C42H81O12P/c1-3-5-7-9-11-13-15-17-18-19-20-22-24-26-28-30-32-51-33-35(53-36(43)31-29-27-25-23-21-16-14-12-10-8-6-4-2)34-52-55(49,50)54-42-40(47)38(45)37(44)39(46)41(42)48/h30,32,35,37-42,44-48H,3-29,31,33-34H2,1-2H3,(H,49,50)/b32-30-/t35-,37?,38-,39?,40?,41?,42?/m1/s1. The quantitative estimate of drug-likeness (QED) is 0.0152. The fourth-order valence-corrected chi connectivity index (χ4v) is 7.88. The third kappa shape index (κ3) is 26.5. The highest BCUT2D eigenvalue weighted by Gasteiger charge is 2.51. The molecule has 1 aliphatic carbocycles. The molecule has 1 rings (SSSR count). The van der Waals surface area contributed by atoms with Gasteiger partial charge in [0.05, 0.1) is 12.9 Å². The van der Waals surface area contributed by atoms with E-state index in [0.717, 1.165) is 38.5 Å². The topological polar surface area (TPSA) is 192 Å². The van der Waals surface area contributed by atoms with Crippen molar-refractivity contribution < 1.29 is 58.3 Å². The SMILES string of the molecule is CCCCCCCCCCCCCCCC/C=C\OC[C@H](COP(=O)(O)OC1C(O)C(O)C(O)[C@@H](O)C1O)OC(=O)CCCCCCCCCCCCCC. The maximum Gasteiger partial charge on any atom is 0.472 e. The van der Waals surface area contributed by atoms with Crippen LogP contribution in [0, 0.1) is 0 Å². The van der Waals surface area contributed by atoms with E-state index < -0.39 is 63.1 Å². The van der Waals surface area contributed by atoms with Gasteiger partial charge in [-0.2, -0.15) is 0 Å². The van der Waals surface area contributed by atoms with Crippen molar-refractivity contribution in [3.05, 3.63) is 12.3 Å². The Morgan fingerprint density at radius 2 is 0.945 bits per heavy atom. The second-order valence-electron chi connectivity index (χ2n) is 15.6. The molecule has 0 amide bonds. The van der Waals surface area contributed by atoms with E-state index in [1.165, 1.54) is 135 Å². The molecule has 326 valence electrons. The van der Waals surface area contributed by atoms with Gasteiger partial charge < -0.3 is 39.9 Å². The molecular weight excluding hydrogens is 727 g/mol. The van der Waals surface area contributed by atoms with Crippen LogP contribution in [-0.2, 0) is 27.9 Å². The van der Waals surface area contributed by atoms with Crippen LogP contribution in [0.15, 0.2) is 12.3 Å². The Morgan fingerprint density at radius 3 is 1.38 bits per heavy atom. The summed E-state index contributed by atoms with van der Waals surface area (Å²) in [6.07, 6.45) is 23.7. The van der Waals surface area contributed by atoms with Gasteiger partial charge in [0.15, 0.2) is 6.10 Å². The molecule has 0 aromatic heterocycles. The van der Waals surface area contributed by atoms with Gasteiger partial charge in [0.25, 0.3) is 0 Å². The Balaban J connectivity index is 2.43. The Hall–Kier alpha value is -1.08. The number of aliphatic hydroxyl groups excluding tert-OH is 5. The minimum absolute atomic E-state index is 0.155. The second-order valence-corrected chi connectivity index (χ2v) is 17.0. The highest BCUT2D eigenvalue weighted by atomic mass is 31.2. The first-order valence-corrected chi connectivity index (χ1v) is 23.6. The number of carbonyl (C=O) groups is 1. The third-order valence-corrected chi connectivity index (χ3v) is 11.5. The van der Waals surface area contributed by atoms with Crippen molar-refractivity contribution in [2.24, 2.45) is 0 Å². The first-order valence-electron chi connectivity index (χ1n) is 22.1. The van der Waals surface area contributed by atoms with Gasteiger partial charge in [0.1, 0.15) is 43.2 Å². The van der Waals surface area contributed by atoms with Crippen LogP contribution >= 0.6 is 7.82 Å². The normalized spacial score (nSPS) is 23.2. The molecule has 12 nitrogen and oxygen atoms in total. The first-order chi connectivity index (χ1) is 26.5. The summed E-state index contributed by atoms with van der Waals surface area (Å²) < 4.78 is 33.9. The summed E-state index contributed by atoms with van der Waals surface area (Å²) >= 11 is 0. The summed E-state index contributed by atoms with van der Waals surface area (Å²) in [4.78, 5) is 23.0. The van der Waals surface area contributed by atoms with Crippen LogP contribution in [0.2, 0.25) is 0 Å². The Bertz CT molecular complexity index is 968. The van der Waals surface area contributed by atoms with Crippen LogP contribution in [0.1, 0.15) is 194 Å². The van der Waals surface area contributed by atoms with Crippen LogP contribution in [-0.4, -0.2) is 92.3 Å². The van der Waals surface area contributed by atoms with Gasteiger partial charge in [0.2, 0.25) is 0 Å². The Kier molecular flexibility index (Phi) is 32.0. The van der Waals surface area contributed by atoms with Gasteiger partial charge >= 0.3 is 13.8 Å². The summed E-state index contributed by atoms with van der Waals surface area (Å²) in [6.45, 7) is 3.72. The summed E-state index contributed by atoms with van der Waals surface area (Å²) in [6, 6.07) is 0. The van der Waals surface area contributed by atoms with E-state index in [1.807, 2.05) is 6.08 Å². The molecule has 0 saturated heterocycles. The van der Waals surface area contributed by atoms with Crippen LogP contribution in [0.25, 0.3) is 0 Å². The van der Waals surface area contributed by atoms with Gasteiger partial charge in [-0.1, -0.05) is 168 Å². The smallest absolute Gasteiger partial charge is 0.472 e. The van der Waals surface area contributed by atoms with E-state index in [4.69, 9.17) is 18.5 Å². The number of esters is 1. The Morgan fingerprint density at radius 1 is 0.564 bits per heavy atom. The molecule has 6 N–H and O–H groups in total. The minimum Gasteiger partial charge on any atom is -0.498 e. The van der Waals surface area contributed by atoms with Crippen molar-refractivity contribution in [3.8, 4) is 0 Å². The summed E-state index contributed by atoms with van der Waals surface area (Å²) in [7, 11) is -5.02. The molecule has 13 heteroatoms. The molecule has 0 heterocycles. The van der Waals surface area contributed by atoms with Crippen molar-refractivity contribution in [3.63, 3.8) is 0 Å². The highest BCUT2D eigenvalue weighted by molar-refractivity contribution is 7.47. The molecule has 0 radical (unpaired) electrons. The zero-order valence-corrected chi connectivity index (χ0v) is 35.4. The van der Waals surface area contributed by atoms with Crippen molar-refractivity contribution >= 4 is 13.8 Å². The highest BCUT2D eigenvalue weighted by Crippen LogP contribution is 2.47. The van der Waals surface area contributed by atoms with Crippen LogP contribution in [0.5, 0.6) is 0 Å². The van der Waals surface area contributed by atoms with Crippen molar-refractivity contribution in [2.45, 2.75) is 236 Å². The molecule has 0 aromatic carbocycles. The molecule has 55 heavy (non-hydrogen) atoms. The molecule has 1 saturated carbocycles. The number of unbranched alkanes of at least 4 members (excludes halogenated alkanes) is 25. The molecule has 1 fully saturated rings. The maximum absolute atomic E-state index is 12.8. The predicted octanol–water partition coefficient (Wildman–Crippen LogP) is 8.71. The first kappa shape index (κ1) is 51.9. The summed E-state index contributed by atoms with van der Waals surface area (Å²) in [5.41, 5.74) is 0. The van der Waals surface area contributed by atoms with Gasteiger partial charge in [-0.25, -0.2) is 4.57 Å². The Labute approximate surface area is 333 Å². The van der Waals surface area contributed by atoms with Crippen molar-refractivity contribution in [2.75, 3.05) is 13.2 Å². The van der Waals surface area contributed by atoms with E-state index in [1.54, 1.807) is 0 Å². The second kappa shape index (κ2) is 33.8. The van der Waals surface area contributed by atoms with E-state index in [-0.39, 0.29) is 13.0 Å². The molecular formula is C42H81O12P. The van der Waals surface area contributed by atoms with Crippen molar-refractivity contribution in [1.29, 1.82) is 0 Å². The van der Waals surface area contributed by atoms with Crippen molar-refractivity contribution in [1.82, 2.24) is 0 Å². The van der Waals surface area contributed by atoms with Crippen LogP contribution in [0.4, 0.5) is 0 Å². The number of phosphoric ester groups is 1. The number of phosphoric acid groups is 1. The number of allylic oxidation sites excluding steroid dienone is 1.